The zero-order valence-corrected chi connectivity index (χ0v) is 9.99. The molecular formula is C13H12FN3O3. The van der Waals surface area contributed by atoms with Gasteiger partial charge in [-0.1, -0.05) is 0 Å². The van der Waals surface area contributed by atoms with Crippen molar-refractivity contribution in [2.45, 2.75) is 25.3 Å². The fourth-order valence-electron chi connectivity index (χ4n) is 2.14. The molecule has 0 saturated carbocycles. The van der Waals surface area contributed by atoms with Crippen molar-refractivity contribution in [3.05, 3.63) is 29.1 Å². The van der Waals surface area contributed by atoms with Crippen LogP contribution in [-0.4, -0.2) is 28.6 Å². The highest BCUT2D eigenvalue weighted by molar-refractivity contribution is 6.06. The van der Waals surface area contributed by atoms with Gasteiger partial charge in [-0.05, 0) is 18.5 Å². The summed E-state index contributed by atoms with van der Waals surface area (Å²) in [5.74, 6) is -4.91. The number of carbonyl (C=O) groups is 3. The minimum absolute atomic E-state index is 0.0964. The molecule has 0 radical (unpaired) electrons. The molecular weight excluding hydrogens is 265 g/mol. The Bertz CT molecular complexity index is 846. The van der Waals surface area contributed by atoms with Gasteiger partial charge in [-0.25, -0.2) is 4.39 Å². The first kappa shape index (κ1) is 7.98. The van der Waals surface area contributed by atoms with Crippen LogP contribution in [0.25, 0.3) is 0 Å². The van der Waals surface area contributed by atoms with Gasteiger partial charge in [0.15, 0.2) is 0 Å². The topological polar surface area (TPSA) is 92.5 Å². The van der Waals surface area contributed by atoms with E-state index in [9.17, 15) is 18.8 Å². The van der Waals surface area contributed by atoms with Crippen LogP contribution in [0.1, 0.15) is 35.5 Å². The first-order chi connectivity index (χ1) is 11.4. The van der Waals surface area contributed by atoms with Crippen LogP contribution in [0.15, 0.2) is 12.1 Å². The Morgan fingerprint density at radius 1 is 1.45 bits per heavy atom. The van der Waals surface area contributed by atoms with Gasteiger partial charge < -0.3 is 10.6 Å². The quantitative estimate of drug-likeness (QED) is 0.567. The Kier molecular flexibility index (Phi) is 1.71. The number of halogens is 1. The number of nitrogens with two attached hydrogens (primary N) is 1. The molecule has 0 spiro atoms. The fraction of sp³-hybridized carbons (Fsp3) is 0.308. The molecule has 1 saturated heterocycles. The van der Waals surface area contributed by atoms with Crippen molar-refractivity contribution in [2.75, 3.05) is 5.73 Å². The lowest BCUT2D eigenvalue weighted by molar-refractivity contribution is -0.136. The van der Waals surface area contributed by atoms with Crippen LogP contribution in [0.2, 0.25) is 0 Å². The number of carbonyl (C=O) groups excluding carboxylic acids is 3. The van der Waals surface area contributed by atoms with E-state index in [0.29, 0.717) is 4.90 Å². The van der Waals surface area contributed by atoms with Gasteiger partial charge in [0.05, 0.1) is 1.37 Å². The molecule has 3 amide bonds. The number of amides is 3. The Morgan fingerprint density at radius 2 is 2.20 bits per heavy atom. The maximum atomic E-state index is 13.5. The van der Waals surface area contributed by atoms with Gasteiger partial charge in [0.2, 0.25) is 11.8 Å². The second kappa shape index (κ2) is 4.29. The third-order valence-electron chi connectivity index (χ3n) is 3.05. The number of benzene rings is 1. The molecule has 1 aromatic rings. The molecule has 1 aromatic carbocycles. The van der Waals surface area contributed by atoms with Gasteiger partial charge in [-0.15, -0.1) is 0 Å². The van der Waals surface area contributed by atoms with E-state index in [1.165, 1.54) is 0 Å². The summed E-state index contributed by atoms with van der Waals surface area (Å²) >= 11 is 0. The molecule has 0 unspecified atom stereocenters. The highest BCUT2D eigenvalue weighted by atomic mass is 19.1. The lowest BCUT2D eigenvalue weighted by atomic mass is 10.0. The summed E-state index contributed by atoms with van der Waals surface area (Å²) < 4.78 is 52.9. The first-order valence-electron chi connectivity index (χ1n) is 8.11. The lowest BCUT2D eigenvalue weighted by Crippen LogP contribution is -2.52. The van der Waals surface area contributed by atoms with Crippen LogP contribution in [0.4, 0.5) is 10.1 Å². The average Bonchev–Trinajstić information content (AvgIpc) is 2.82. The zero-order chi connectivity index (χ0) is 18.9. The highest BCUT2D eigenvalue weighted by Gasteiger charge is 2.39. The summed E-state index contributed by atoms with van der Waals surface area (Å²) in [5.41, 5.74) is 5.38. The number of nitrogens with zero attached hydrogens (tertiary/aromatic N) is 1. The molecule has 2 heterocycles. The molecule has 3 rings (SSSR count). The Hall–Kier alpha value is -2.44. The number of rotatable bonds is 1. The molecule has 6 nitrogen and oxygen atoms in total. The van der Waals surface area contributed by atoms with Crippen molar-refractivity contribution < 1.29 is 25.6 Å². The second-order valence-electron chi connectivity index (χ2n) is 4.29. The fourth-order valence-corrected chi connectivity index (χ4v) is 2.14. The van der Waals surface area contributed by atoms with E-state index in [-0.39, 0.29) is 16.8 Å². The van der Waals surface area contributed by atoms with Gasteiger partial charge in [-0.2, -0.15) is 0 Å². The van der Waals surface area contributed by atoms with Crippen molar-refractivity contribution in [2.24, 2.45) is 0 Å². The average molecular weight is 282 g/mol. The highest BCUT2D eigenvalue weighted by Crippen LogP contribution is 2.31. The molecule has 1 atom stereocenters. The molecule has 104 valence electrons. The van der Waals surface area contributed by atoms with Crippen molar-refractivity contribution in [3.8, 4) is 0 Å². The number of nitrogens with one attached hydrogen (secondary N) is 1. The smallest absolute Gasteiger partial charge is 0.255 e. The van der Waals surface area contributed by atoms with Crippen molar-refractivity contribution in [3.63, 3.8) is 0 Å². The number of anilines is 1. The third kappa shape index (κ3) is 1.82. The third-order valence-corrected chi connectivity index (χ3v) is 3.05. The standard InChI is InChI=1S/C13H12FN3O3/c14-6-3-7-8(9(15)4-6)5-17(13(7)20)10-1-2-11(18)16-12(10)19/h3-4,10H,1-2,5,15H2,(H,16,18,19)/t10-/m0/s1/i1D2,2D2,10D. The lowest BCUT2D eigenvalue weighted by Gasteiger charge is -2.29. The summed E-state index contributed by atoms with van der Waals surface area (Å²) in [4.78, 5) is 36.9. The van der Waals surface area contributed by atoms with E-state index in [4.69, 9.17) is 12.6 Å². The van der Waals surface area contributed by atoms with E-state index in [1.54, 1.807) is 5.32 Å². The second-order valence-corrected chi connectivity index (χ2v) is 4.29. The monoisotopic (exact) mass is 282 g/mol. The summed E-state index contributed by atoms with van der Waals surface area (Å²) in [6.45, 7) is -0.499. The normalized spacial score (nSPS) is 34.4. The molecule has 2 aliphatic heterocycles. The minimum atomic E-state index is -3.37. The zero-order valence-electron chi connectivity index (χ0n) is 15.0. The summed E-state index contributed by atoms with van der Waals surface area (Å²) in [7, 11) is 0. The number of nitrogen functional groups attached to an aromatic ring is 1. The number of imide groups is 1. The number of hydrogen-bond acceptors (Lipinski definition) is 4. The summed E-state index contributed by atoms with van der Waals surface area (Å²) in [6, 6.07) is -1.32. The van der Waals surface area contributed by atoms with Gasteiger partial charge in [-0.3, -0.25) is 19.7 Å². The molecule has 7 heteroatoms. The van der Waals surface area contributed by atoms with E-state index in [0.717, 1.165) is 12.1 Å². The summed E-state index contributed by atoms with van der Waals surface area (Å²) in [5, 5.41) is 1.59. The van der Waals surface area contributed by atoms with E-state index >= 15 is 0 Å². The van der Waals surface area contributed by atoms with E-state index in [2.05, 4.69) is 0 Å². The van der Waals surface area contributed by atoms with Crippen LogP contribution in [0, 0.1) is 5.82 Å². The van der Waals surface area contributed by atoms with E-state index in [1.807, 2.05) is 0 Å². The van der Waals surface area contributed by atoms with Crippen molar-refractivity contribution >= 4 is 23.4 Å². The summed E-state index contributed by atoms with van der Waals surface area (Å²) in [6.07, 6.45) is -6.63. The predicted molar refractivity (Wildman–Crippen MR) is 66.9 cm³/mol. The van der Waals surface area contributed by atoms with E-state index < -0.39 is 48.8 Å². The Balaban J connectivity index is 2.16. The van der Waals surface area contributed by atoms with Crippen LogP contribution in [0.3, 0.4) is 0 Å². The van der Waals surface area contributed by atoms with Crippen LogP contribution >= 0.6 is 0 Å². The number of piperidine rings is 1. The molecule has 20 heavy (non-hydrogen) atoms. The van der Waals surface area contributed by atoms with Crippen molar-refractivity contribution in [1.29, 1.82) is 0 Å². The number of hydrogen-bond donors (Lipinski definition) is 2. The maximum Gasteiger partial charge on any atom is 0.255 e. The van der Waals surface area contributed by atoms with Crippen molar-refractivity contribution in [1.82, 2.24) is 10.2 Å². The molecule has 0 bridgehead atoms. The first-order valence-corrected chi connectivity index (χ1v) is 5.61. The molecule has 0 aliphatic carbocycles. The molecule has 3 N–H and O–H groups in total. The van der Waals surface area contributed by atoms with Crippen LogP contribution in [0.5, 0.6) is 0 Å². The minimum Gasteiger partial charge on any atom is -0.398 e. The Morgan fingerprint density at radius 3 is 2.95 bits per heavy atom. The van der Waals surface area contributed by atoms with Crippen LogP contribution in [-0.2, 0) is 16.1 Å². The molecule has 2 aliphatic rings. The van der Waals surface area contributed by atoms with Gasteiger partial charge >= 0.3 is 0 Å². The van der Waals surface area contributed by atoms with Gasteiger partial charge in [0, 0.05) is 35.2 Å². The van der Waals surface area contributed by atoms with Gasteiger partial charge in [0.1, 0.15) is 11.8 Å². The molecule has 0 aromatic heterocycles. The SMILES string of the molecule is [2H]C1([2H])C(=O)NC(=O)[C@@]([2H])(N2Cc3c(N)cc(F)cc3C2=O)C1([2H])[2H]. The molecule has 1 fully saturated rings. The maximum absolute atomic E-state index is 13.5. The largest absolute Gasteiger partial charge is 0.398 e. The van der Waals surface area contributed by atoms with Crippen LogP contribution < -0.4 is 11.1 Å². The van der Waals surface area contributed by atoms with Gasteiger partial charge in [0.25, 0.3) is 5.91 Å². The predicted octanol–water partition coefficient (Wildman–Crippen LogP) is 0.169. The Labute approximate surface area is 120 Å². The number of fused-ring (bicyclic) bond motifs is 1.